The van der Waals surface area contributed by atoms with Gasteiger partial charge in [0.2, 0.25) is 18.3 Å². The highest BCUT2D eigenvalue weighted by molar-refractivity contribution is 5.87. The molecule has 3 aromatic rings. The Morgan fingerprint density at radius 1 is 0.833 bits per heavy atom. The lowest BCUT2D eigenvalue weighted by molar-refractivity contribution is 0.0299. The first kappa shape index (κ1) is 22.9. The molecule has 1 saturated heterocycles. The molecule has 3 aromatic carbocycles. The van der Waals surface area contributed by atoms with Gasteiger partial charge in [-0.1, -0.05) is 44.2 Å². The van der Waals surface area contributed by atoms with Crippen LogP contribution in [0.25, 0.3) is 11.1 Å². The monoisotopic (exact) mass is 490 g/mol. The number of ether oxygens (including phenoxy) is 7. The van der Waals surface area contributed by atoms with Gasteiger partial charge in [-0.25, -0.2) is 0 Å². The highest BCUT2D eigenvalue weighted by Gasteiger charge is 2.48. The SMILES string of the molecule is COc1cc2c(c(OC)c1OCc1ccccc1)C1OC(c3cc4c(c(OC)c3-2)OCO4)[C@H](C)[C@@H]1C. The largest absolute Gasteiger partial charge is 0.493 e. The molecule has 1 fully saturated rings. The van der Waals surface area contributed by atoms with E-state index in [9.17, 15) is 0 Å². The third-order valence-electron chi connectivity index (χ3n) is 7.68. The van der Waals surface area contributed by atoms with E-state index in [-0.39, 0.29) is 30.8 Å². The fourth-order valence-electron chi connectivity index (χ4n) is 5.71. The molecular weight excluding hydrogens is 460 g/mol. The Kier molecular flexibility index (Phi) is 5.60. The van der Waals surface area contributed by atoms with Crippen LogP contribution in [0.5, 0.6) is 34.5 Å². The first-order chi connectivity index (χ1) is 17.6. The molecule has 0 amide bonds. The van der Waals surface area contributed by atoms with Gasteiger partial charge in [0.15, 0.2) is 23.0 Å². The highest BCUT2D eigenvalue weighted by atomic mass is 16.7. The zero-order valence-corrected chi connectivity index (χ0v) is 21.1. The summed E-state index contributed by atoms with van der Waals surface area (Å²) in [6.45, 7) is 4.98. The summed E-state index contributed by atoms with van der Waals surface area (Å²) in [6.07, 6.45) is -0.339. The third-order valence-corrected chi connectivity index (χ3v) is 7.68. The Hall–Kier alpha value is -3.58. The van der Waals surface area contributed by atoms with Crippen LogP contribution in [0.2, 0.25) is 0 Å². The van der Waals surface area contributed by atoms with E-state index in [1.165, 1.54) is 0 Å². The molecule has 0 radical (unpaired) electrons. The summed E-state index contributed by atoms with van der Waals surface area (Å²) < 4.78 is 42.6. The van der Waals surface area contributed by atoms with Crippen molar-refractivity contribution in [2.24, 2.45) is 11.8 Å². The lowest BCUT2D eigenvalue weighted by Crippen LogP contribution is -2.15. The van der Waals surface area contributed by atoms with Crippen LogP contribution in [-0.4, -0.2) is 28.1 Å². The van der Waals surface area contributed by atoms with E-state index in [0.29, 0.717) is 41.1 Å². The maximum atomic E-state index is 6.76. The molecule has 3 heterocycles. The van der Waals surface area contributed by atoms with Crippen LogP contribution in [-0.2, 0) is 11.3 Å². The fourth-order valence-corrected chi connectivity index (χ4v) is 5.71. The molecule has 0 aromatic heterocycles. The molecule has 3 aliphatic rings. The van der Waals surface area contributed by atoms with Crippen LogP contribution in [0.3, 0.4) is 0 Å². The van der Waals surface area contributed by atoms with Crippen LogP contribution in [0.4, 0.5) is 0 Å². The van der Waals surface area contributed by atoms with Crippen LogP contribution < -0.4 is 28.4 Å². The van der Waals surface area contributed by atoms with Gasteiger partial charge in [0.1, 0.15) is 6.61 Å². The minimum Gasteiger partial charge on any atom is -0.493 e. The van der Waals surface area contributed by atoms with Gasteiger partial charge in [0, 0.05) is 11.1 Å². The molecule has 7 heteroatoms. The molecule has 0 saturated carbocycles. The summed E-state index contributed by atoms with van der Waals surface area (Å²) in [5.41, 5.74) is 4.83. The van der Waals surface area contributed by atoms with E-state index in [4.69, 9.17) is 33.2 Å². The van der Waals surface area contributed by atoms with E-state index in [0.717, 1.165) is 27.8 Å². The third kappa shape index (κ3) is 3.29. The van der Waals surface area contributed by atoms with Crippen molar-refractivity contribution >= 4 is 0 Å². The summed E-state index contributed by atoms with van der Waals surface area (Å²) in [5.74, 6) is 4.13. The van der Waals surface area contributed by atoms with Gasteiger partial charge in [-0.15, -0.1) is 0 Å². The summed E-state index contributed by atoms with van der Waals surface area (Å²) in [4.78, 5) is 0. The number of methoxy groups -OCH3 is 3. The summed E-state index contributed by atoms with van der Waals surface area (Å²) >= 11 is 0. The van der Waals surface area contributed by atoms with Crippen molar-refractivity contribution in [3.8, 4) is 45.6 Å². The second-order valence-electron chi connectivity index (χ2n) is 9.48. The molecule has 0 spiro atoms. The van der Waals surface area contributed by atoms with Gasteiger partial charge < -0.3 is 33.2 Å². The van der Waals surface area contributed by atoms with Gasteiger partial charge in [0.25, 0.3) is 0 Å². The second-order valence-corrected chi connectivity index (χ2v) is 9.48. The zero-order valence-electron chi connectivity index (χ0n) is 21.1. The van der Waals surface area contributed by atoms with Crippen LogP contribution in [0.15, 0.2) is 42.5 Å². The van der Waals surface area contributed by atoms with Crippen LogP contribution in [0, 0.1) is 11.8 Å². The van der Waals surface area contributed by atoms with Crippen LogP contribution >= 0.6 is 0 Å². The van der Waals surface area contributed by atoms with E-state index in [1.54, 1.807) is 21.3 Å². The zero-order chi connectivity index (χ0) is 25.0. The Morgan fingerprint density at radius 3 is 2.31 bits per heavy atom. The standard InChI is InChI=1S/C29H30O7/c1-15-16(2)25-23-18(22-19(24(15)36-25)12-21-27(28(22)31-4)35-14-34-21)11-20(30-3)26(29(23)32-5)33-13-17-9-7-6-8-10-17/h6-12,15-16,24-25H,13-14H2,1-5H3/t15-,16+,24?,25?/m1/s1. The lowest BCUT2D eigenvalue weighted by Gasteiger charge is -2.28. The van der Waals surface area contributed by atoms with Crippen molar-refractivity contribution in [3.63, 3.8) is 0 Å². The van der Waals surface area contributed by atoms with Gasteiger partial charge in [0.05, 0.1) is 33.5 Å². The van der Waals surface area contributed by atoms with E-state index < -0.39 is 0 Å². The Balaban J connectivity index is 1.61. The normalized spacial score (nSPS) is 22.9. The predicted octanol–water partition coefficient (Wildman–Crippen LogP) is 6.09. The number of rotatable bonds is 6. The van der Waals surface area contributed by atoms with Crippen molar-refractivity contribution in [2.45, 2.75) is 32.7 Å². The van der Waals surface area contributed by atoms with Crippen molar-refractivity contribution in [1.29, 1.82) is 0 Å². The molecule has 0 N–H and O–H groups in total. The van der Waals surface area contributed by atoms with Crippen molar-refractivity contribution in [2.75, 3.05) is 28.1 Å². The number of hydrogen-bond acceptors (Lipinski definition) is 7. The first-order valence-corrected chi connectivity index (χ1v) is 12.2. The average Bonchev–Trinajstić information content (AvgIpc) is 3.46. The quantitative estimate of drug-likeness (QED) is 0.415. The molecule has 36 heavy (non-hydrogen) atoms. The van der Waals surface area contributed by atoms with E-state index >= 15 is 0 Å². The molecule has 188 valence electrons. The summed E-state index contributed by atoms with van der Waals surface area (Å²) in [6, 6.07) is 14.1. The smallest absolute Gasteiger partial charge is 0.231 e. The molecule has 2 bridgehead atoms. The van der Waals surface area contributed by atoms with Gasteiger partial charge in [-0.05, 0) is 40.7 Å². The molecule has 0 aliphatic carbocycles. The minimum atomic E-state index is -0.200. The van der Waals surface area contributed by atoms with E-state index in [2.05, 4.69) is 13.8 Å². The topological polar surface area (TPSA) is 64.6 Å². The maximum absolute atomic E-state index is 6.76. The highest BCUT2D eigenvalue weighted by Crippen LogP contribution is 2.64. The number of hydrogen-bond donors (Lipinski definition) is 0. The number of benzene rings is 3. The molecule has 3 aliphatic heterocycles. The summed E-state index contributed by atoms with van der Waals surface area (Å²) in [7, 11) is 4.95. The Labute approximate surface area is 210 Å². The van der Waals surface area contributed by atoms with Crippen molar-refractivity contribution in [1.82, 2.24) is 0 Å². The maximum Gasteiger partial charge on any atom is 0.231 e. The van der Waals surface area contributed by atoms with Gasteiger partial charge >= 0.3 is 0 Å². The van der Waals surface area contributed by atoms with Gasteiger partial charge in [-0.2, -0.15) is 0 Å². The predicted molar refractivity (Wildman–Crippen MR) is 133 cm³/mol. The second kappa shape index (κ2) is 8.82. The Bertz CT molecular complexity index is 1300. The molecule has 4 atom stereocenters. The number of fused-ring (bicyclic) bond motifs is 8. The van der Waals surface area contributed by atoms with Crippen molar-refractivity contribution in [3.05, 3.63) is 59.2 Å². The van der Waals surface area contributed by atoms with E-state index in [1.807, 2.05) is 42.5 Å². The molecule has 2 unspecified atom stereocenters. The molecule has 7 nitrogen and oxygen atoms in total. The Morgan fingerprint density at radius 2 is 1.58 bits per heavy atom. The average molecular weight is 491 g/mol. The lowest BCUT2D eigenvalue weighted by atomic mass is 9.77. The molecule has 6 rings (SSSR count). The fraction of sp³-hybridized carbons (Fsp3) is 0.379. The van der Waals surface area contributed by atoms with Gasteiger partial charge in [-0.3, -0.25) is 0 Å². The minimum absolute atomic E-state index is 0.139. The van der Waals surface area contributed by atoms with Crippen LogP contribution in [0.1, 0.15) is 42.7 Å². The summed E-state index contributed by atoms with van der Waals surface area (Å²) in [5, 5.41) is 0. The molecular formula is C29H30O7. The first-order valence-electron chi connectivity index (χ1n) is 12.2. The van der Waals surface area contributed by atoms with Crippen molar-refractivity contribution < 1.29 is 33.2 Å².